The standard InChI is InChI=1S/C12H21NO5/c1-12(2,3)18-11(16)13-9-5-7-17-6-4-8(9)10(14)15/h8-9H,4-7H2,1-3H3,(H,13,16)(H,14,15)/t8-,9+/m0/s1. The van der Waals surface area contributed by atoms with E-state index in [2.05, 4.69) is 5.32 Å². The minimum absolute atomic E-state index is 0.399. The van der Waals surface area contributed by atoms with E-state index in [0.29, 0.717) is 26.1 Å². The molecule has 0 spiro atoms. The van der Waals surface area contributed by atoms with Gasteiger partial charge in [-0.05, 0) is 33.6 Å². The number of nitrogens with one attached hydrogen (secondary N) is 1. The van der Waals surface area contributed by atoms with Crippen molar-refractivity contribution in [3.05, 3.63) is 0 Å². The second-order valence-corrected chi connectivity index (χ2v) is 5.39. The molecule has 2 atom stereocenters. The van der Waals surface area contributed by atoms with Gasteiger partial charge >= 0.3 is 12.1 Å². The molecule has 1 aliphatic heterocycles. The number of hydrogen-bond donors (Lipinski definition) is 2. The van der Waals surface area contributed by atoms with Gasteiger partial charge in [0.15, 0.2) is 0 Å². The van der Waals surface area contributed by atoms with Crippen molar-refractivity contribution in [3.8, 4) is 0 Å². The summed E-state index contributed by atoms with van der Waals surface area (Å²) in [5.74, 6) is -1.54. The molecule has 1 rings (SSSR count). The molecule has 6 heteroatoms. The van der Waals surface area contributed by atoms with Gasteiger partial charge in [-0.15, -0.1) is 0 Å². The summed E-state index contributed by atoms with van der Waals surface area (Å²) < 4.78 is 10.4. The van der Waals surface area contributed by atoms with Crippen molar-refractivity contribution in [2.75, 3.05) is 13.2 Å². The van der Waals surface area contributed by atoms with E-state index in [0.717, 1.165) is 0 Å². The molecule has 0 unspecified atom stereocenters. The number of amides is 1. The van der Waals surface area contributed by atoms with Crippen molar-refractivity contribution in [2.45, 2.75) is 45.3 Å². The van der Waals surface area contributed by atoms with Crippen LogP contribution in [0.3, 0.4) is 0 Å². The molecule has 0 bridgehead atoms. The van der Waals surface area contributed by atoms with E-state index in [4.69, 9.17) is 14.6 Å². The van der Waals surface area contributed by atoms with E-state index in [9.17, 15) is 9.59 Å². The molecule has 1 aliphatic rings. The maximum Gasteiger partial charge on any atom is 0.407 e. The molecule has 0 radical (unpaired) electrons. The number of alkyl carbamates (subject to hydrolysis) is 1. The number of carbonyl (C=O) groups excluding carboxylic acids is 1. The number of carboxylic acids is 1. The van der Waals surface area contributed by atoms with Crippen LogP contribution in [0.25, 0.3) is 0 Å². The summed E-state index contributed by atoms with van der Waals surface area (Å²) in [6.07, 6.45) is 0.298. The fourth-order valence-corrected chi connectivity index (χ4v) is 1.85. The van der Waals surface area contributed by atoms with Gasteiger partial charge in [-0.2, -0.15) is 0 Å². The van der Waals surface area contributed by atoms with Crippen LogP contribution in [0.4, 0.5) is 4.79 Å². The Morgan fingerprint density at radius 2 is 1.89 bits per heavy atom. The normalized spacial score (nSPS) is 25.1. The lowest BCUT2D eigenvalue weighted by atomic mass is 9.95. The highest BCUT2D eigenvalue weighted by Crippen LogP contribution is 2.18. The van der Waals surface area contributed by atoms with E-state index in [1.54, 1.807) is 20.8 Å². The lowest BCUT2D eigenvalue weighted by molar-refractivity contribution is -0.142. The van der Waals surface area contributed by atoms with Gasteiger partial charge in [-0.3, -0.25) is 4.79 Å². The van der Waals surface area contributed by atoms with Gasteiger partial charge in [-0.1, -0.05) is 0 Å². The fourth-order valence-electron chi connectivity index (χ4n) is 1.85. The number of carboxylic acid groups (broad SMARTS) is 1. The quantitative estimate of drug-likeness (QED) is 0.782. The number of hydrogen-bond acceptors (Lipinski definition) is 4. The maximum atomic E-state index is 11.6. The van der Waals surface area contributed by atoms with Gasteiger partial charge in [0, 0.05) is 19.3 Å². The molecule has 1 saturated heterocycles. The van der Waals surface area contributed by atoms with Gasteiger partial charge in [0.25, 0.3) is 0 Å². The van der Waals surface area contributed by atoms with E-state index < -0.39 is 29.6 Å². The molecule has 0 aliphatic carbocycles. The topological polar surface area (TPSA) is 84.9 Å². The van der Waals surface area contributed by atoms with Crippen molar-refractivity contribution in [1.29, 1.82) is 0 Å². The van der Waals surface area contributed by atoms with Crippen LogP contribution in [0.5, 0.6) is 0 Å². The van der Waals surface area contributed by atoms with Crippen LogP contribution < -0.4 is 5.32 Å². The van der Waals surface area contributed by atoms with E-state index >= 15 is 0 Å². The van der Waals surface area contributed by atoms with Gasteiger partial charge in [0.2, 0.25) is 0 Å². The molecule has 0 aromatic heterocycles. The number of rotatable bonds is 2. The Kier molecular flexibility index (Phi) is 4.95. The molecule has 2 N–H and O–H groups in total. The summed E-state index contributed by atoms with van der Waals surface area (Å²) >= 11 is 0. The first-order valence-corrected chi connectivity index (χ1v) is 6.09. The van der Waals surface area contributed by atoms with Crippen LogP contribution >= 0.6 is 0 Å². The third kappa shape index (κ3) is 4.91. The summed E-state index contributed by atoms with van der Waals surface area (Å²) in [7, 11) is 0. The first-order chi connectivity index (χ1) is 8.29. The zero-order chi connectivity index (χ0) is 13.8. The third-order valence-electron chi connectivity index (χ3n) is 2.65. The molecule has 1 amide bonds. The molecule has 1 heterocycles. The average Bonchev–Trinajstić information content (AvgIpc) is 2.39. The molecule has 6 nitrogen and oxygen atoms in total. The SMILES string of the molecule is CC(C)(C)OC(=O)N[C@@H]1CCOCC[C@@H]1C(=O)O. The zero-order valence-electron chi connectivity index (χ0n) is 11.1. The largest absolute Gasteiger partial charge is 0.481 e. The zero-order valence-corrected chi connectivity index (χ0v) is 11.1. The monoisotopic (exact) mass is 259 g/mol. The van der Waals surface area contributed by atoms with Crippen LogP contribution in [-0.4, -0.2) is 42.0 Å². The molecular formula is C12H21NO5. The molecule has 104 valence electrons. The van der Waals surface area contributed by atoms with Gasteiger partial charge in [-0.25, -0.2) is 4.79 Å². The number of aliphatic carboxylic acids is 1. The molecule has 18 heavy (non-hydrogen) atoms. The predicted molar refractivity (Wildman–Crippen MR) is 64.3 cm³/mol. The third-order valence-corrected chi connectivity index (χ3v) is 2.65. The lowest BCUT2D eigenvalue weighted by Crippen LogP contribution is -2.45. The minimum Gasteiger partial charge on any atom is -0.481 e. The van der Waals surface area contributed by atoms with E-state index in [1.165, 1.54) is 0 Å². The van der Waals surface area contributed by atoms with Crippen molar-refractivity contribution in [2.24, 2.45) is 5.92 Å². The fraction of sp³-hybridized carbons (Fsp3) is 0.833. The Labute approximate surface area is 107 Å². The van der Waals surface area contributed by atoms with Crippen LogP contribution in [0.15, 0.2) is 0 Å². The number of ether oxygens (including phenoxy) is 2. The highest BCUT2D eigenvalue weighted by molar-refractivity contribution is 5.73. The smallest absolute Gasteiger partial charge is 0.407 e. The summed E-state index contributed by atoms with van der Waals surface area (Å²) in [4.78, 5) is 22.8. The van der Waals surface area contributed by atoms with Crippen LogP contribution in [0.1, 0.15) is 33.6 Å². The molecule has 0 saturated carbocycles. The van der Waals surface area contributed by atoms with E-state index in [-0.39, 0.29) is 0 Å². The second-order valence-electron chi connectivity index (χ2n) is 5.39. The minimum atomic E-state index is -0.915. The van der Waals surface area contributed by atoms with Gasteiger partial charge in [0.05, 0.1) is 5.92 Å². The highest BCUT2D eigenvalue weighted by atomic mass is 16.6. The molecule has 0 aromatic rings. The second kappa shape index (κ2) is 6.04. The first-order valence-electron chi connectivity index (χ1n) is 6.09. The van der Waals surface area contributed by atoms with Crippen molar-refractivity contribution >= 4 is 12.1 Å². The average molecular weight is 259 g/mol. The summed E-state index contributed by atoms with van der Waals surface area (Å²) in [6.45, 7) is 6.14. The summed E-state index contributed by atoms with van der Waals surface area (Å²) in [6, 6.07) is -0.445. The number of carbonyl (C=O) groups is 2. The molecule has 1 fully saturated rings. The van der Waals surface area contributed by atoms with Crippen LogP contribution in [0.2, 0.25) is 0 Å². The Hall–Kier alpha value is -1.30. The first kappa shape index (κ1) is 14.8. The van der Waals surface area contributed by atoms with E-state index in [1.807, 2.05) is 0 Å². The van der Waals surface area contributed by atoms with Crippen LogP contribution in [-0.2, 0) is 14.3 Å². The van der Waals surface area contributed by atoms with Gasteiger partial charge < -0.3 is 19.9 Å². The summed E-state index contributed by atoms with van der Waals surface area (Å²) in [5.41, 5.74) is -0.593. The lowest BCUT2D eigenvalue weighted by Gasteiger charge is -2.25. The summed E-state index contributed by atoms with van der Waals surface area (Å²) in [5, 5.41) is 11.8. The Balaban J connectivity index is 2.60. The maximum absolute atomic E-state index is 11.6. The van der Waals surface area contributed by atoms with Gasteiger partial charge in [0.1, 0.15) is 5.60 Å². The highest BCUT2D eigenvalue weighted by Gasteiger charge is 2.32. The Morgan fingerprint density at radius 3 is 2.44 bits per heavy atom. The Bertz CT molecular complexity index is 310. The Morgan fingerprint density at radius 1 is 1.28 bits per heavy atom. The van der Waals surface area contributed by atoms with Crippen molar-refractivity contribution in [3.63, 3.8) is 0 Å². The molecular weight excluding hydrogens is 238 g/mol. The van der Waals surface area contributed by atoms with Crippen LogP contribution in [0, 0.1) is 5.92 Å². The van der Waals surface area contributed by atoms with Crippen molar-refractivity contribution < 1.29 is 24.2 Å². The predicted octanol–water partition coefficient (Wildman–Crippen LogP) is 1.39. The molecule has 0 aromatic carbocycles. The van der Waals surface area contributed by atoms with Crippen molar-refractivity contribution in [1.82, 2.24) is 5.32 Å².